The first-order chi connectivity index (χ1) is 5.83. The molecule has 0 radical (unpaired) electrons. The molecule has 1 aliphatic rings. The van der Waals surface area contributed by atoms with Crippen LogP contribution in [0.15, 0.2) is 0 Å². The van der Waals surface area contributed by atoms with Crippen molar-refractivity contribution in [3.63, 3.8) is 0 Å². The van der Waals surface area contributed by atoms with Gasteiger partial charge in [-0.2, -0.15) is 0 Å². The van der Waals surface area contributed by atoms with Crippen molar-refractivity contribution in [2.45, 2.75) is 31.7 Å². The van der Waals surface area contributed by atoms with E-state index in [1.165, 1.54) is 0 Å². The maximum atomic E-state index is 8.96. The fraction of sp³-hybridized carbons (Fsp3) is 1.00. The lowest BCUT2D eigenvalue weighted by Gasteiger charge is -2.13. The van der Waals surface area contributed by atoms with Crippen LogP contribution in [0.2, 0.25) is 0 Å². The van der Waals surface area contributed by atoms with E-state index >= 15 is 0 Å². The van der Waals surface area contributed by atoms with E-state index in [4.69, 9.17) is 9.84 Å². The maximum Gasteiger partial charge on any atom is 0.0613 e. The average molecular weight is 173 g/mol. The molecule has 0 unspecified atom stereocenters. The summed E-state index contributed by atoms with van der Waals surface area (Å²) in [4.78, 5) is 0. The predicted molar refractivity (Wildman–Crippen MR) is 48.2 cm³/mol. The molecule has 1 aliphatic carbocycles. The highest BCUT2D eigenvalue weighted by Gasteiger charge is 2.41. The van der Waals surface area contributed by atoms with Gasteiger partial charge in [-0.1, -0.05) is 6.92 Å². The van der Waals surface area contributed by atoms with Gasteiger partial charge in [-0.05, 0) is 19.3 Å². The fourth-order valence-corrected chi connectivity index (χ4v) is 1.18. The smallest absolute Gasteiger partial charge is 0.0613 e. The molecule has 0 amide bonds. The minimum atomic E-state index is 0.0651. The van der Waals surface area contributed by atoms with Crippen molar-refractivity contribution in [3.8, 4) is 0 Å². The summed E-state index contributed by atoms with van der Waals surface area (Å²) < 4.78 is 5.31. The van der Waals surface area contributed by atoms with Crippen molar-refractivity contribution in [2.75, 3.05) is 26.4 Å². The van der Waals surface area contributed by atoms with Crippen LogP contribution in [0, 0.1) is 0 Å². The Kier molecular flexibility index (Phi) is 3.98. The molecular formula is C9H19NO2. The van der Waals surface area contributed by atoms with Crippen LogP contribution in [-0.4, -0.2) is 37.0 Å². The molecule has 1 rings (SSSR count). The van der Waals surface area contributed by atoms with Gasteiger partial charge in [0.05, 0.1) is 13.2 Å². The first kappa shape index (κ1) is 9.96. The molecule has 3 heteroatoms. The standard InChI is InChI=1S/C9H19NO2/c1-2-6-12-7-5-10-9(8-11)3-4-9/h10-11H,2-8H2,1H3. The largest absolute Gasteiger partial charge is 0.394 e. The lowest BCUT2D eigenvalue weighted by atomic mass is 10.3. The number of ether oxygens (including phenoxy) is 1. The number of rotatable bonds is 7. The second kappa shape index (κ2) is 4.80. The van der Waals surface area contributed by atoms with E-state index in [2.05, 4.69) is 12.2 Å². The van der Waals surface area contributed by atoms with Crippen LogP contribution in [0.1, 0.15) is 26.2 Å². The molecule has 1 fully saturated rings. The Bertz CT molecular complexity index is 124. The summed E-state index contributed by atoms with van der Waals surface area (Å²) in [5.74, 6) is 0. The zero-order valence-corrected chi connectivity index (χ0v) is 7.81. The quantitative estimate of drug-likeness (QED) is 0.552. The van der Waals surface area contributed by atoms with Gasteiger partial charge in [0.1, 0.15) is 0 Å². The van der Waals surface area contributed by atoms with Crippen molar-refractivity contribution >= 4 is 0 Å². The molecule has 0 heterocycles. The van der Waals surface area contributed by atoms with E-state index in [1.54, 1.807) is 0 Å². The Morgan fingerprint density at radius 2 is 2.17 bits per heavy atom. The zero-order chi connectivity index (χ0) is 8.86. The van der Waals surface area contributed by atoms with Crippen molar-refractivity contribution in [1.82, 2.24) is 5.32 Å². The second-order valence-corrected chi connectivity index (χ2v) is 3.48. The molecule has 0 saturated heterocycles. The normalized spacial score (nSPS) is 19.5. The zero-order valence-electron chi connectivity index (χ0n) is 7.81. The maximum absolute atomic E-state index is 8.96. The highest BCUT2D eigenvalue weighted by atomic mass is 16.5. The fourth-order valence-electron chi connectivity index (χ4n) is 1.18. The molecular weight excluding hydrogens is 154 g/mol. The Hall–Kier alpha value is -0.120. The lowest BCUT2D eigenvalue weighted by molar-refractivity contribution is 0.128. The van der Waals surface area contributed by atoms with Crippen LogP contribution >= 0.6 is 0 Å². The summed E-state index contributed by atoms with van der Waals surface area (Å²) >= 11 is 0. The monoisotopic (exact) mass is 173 g/mol. The number of hydrogen-bond donors (Lipinski definition) is 2. The molecule has 0 bridgehead atoms. The van der Waals surface area contributed by atoms with E-state index in [0.717, 1.165) is 39.0 Å². The molecule has 3 nitrogen and oxygen atoms in total. The van der Waals surface area contributed by atoms with E-state index in [9.17, 15) is 0 Å². The Morgan fingerprint density at radius 1 is 1.42 bits per heavy atom. The van der Waals surface area contributed by atoms with Crippen LogP contribution in [-0.2, 0) is 4.74 Å². The van der Waals surface area contributed by atoms with E-state index in [-0.39, 0.29) is 12.1 Å². The van der Waals surface area contributed by atoms with Crippen molar-refractivity contribution in [2.24, 2.45) is 0 Å². The van der Waals surface area contributed by atoms with Gasteiger partial charge in [0.25, 0.3) is 0 Å². The topological polar surface area (TPSA) is 41.5 Å². The SMILES string of the molecule is CCCOCCNC1(CO)CC1. The second-order valence-electron chi connectivity index (χ2n) is 3.48. The molecule has 72 valence electrons. The highest BCUT2D eigenvalue weighted by Crippen LogP contribution is 2.34. The van der Waals surface area contributed by atoms with E-state index < -0.39 is 0 Å². The molecule has 0 aromatic rings. The average Bonchev–Trinajstić information content (AvgIpc) is 2.85. The summed E-state index contributed by atoms with van der Waals surface area (Å²) in [5, 5.41) is 12.3. The van der Waals surface area contributed by atoms with Gasteiger partial charge in [0.15, 0.2) is 0 Å². The third-order valence-electron chi connectivity index (χ3n) is 2.25. The first-order valence-electron chi connectivity index (χ1n) is 4.76. The minimum Gasteiger partial charge on any atom is -0.394 e. The van der Waals surface area contributed by atoms with Gasteiger partial charge in [-0.15, -0.1) is 0 Å². The highest BCUT2D eigenvalue weighted by molar-refractivity contribution is 5.01. The minimum absolute atomic E-state index is 0.0651. The molecule has 0 aromatic carbocycles. The predicted octanol–water partition coefficient (Wildman–Crippen LogP) is 0.527. The lowest BCUT2D eigenvalue weighted by Crippen LogP contribution is -2.37. The molecule has 0 atom stereocenters. The third-order valence-corrected chi connectivity index (χ3v) is 2.25. The summed E-state index contributed by atoms with van der Waals surface area (Å²) in [6.45, 7) is 4.83. The number of nitrogens with one attached hydrogen (secondary N) is 1. The van der Waals surface area contributed by atoms with Gasteiger partial charge in [0, 0.05) is 18.7 Å². The van der Waals surface area contributed by atoms with E-state index in [0.29, 0.717) is 0 Å². The molecule has 0 aromatic heterocycles. The summed E-state index contributed by atoms with van der Waals surface area (Å²) in [6.07, 6.45) is 3.29. The van der Waals surface area contributed by atoms with Crippen LogP contribution in [0.25, 0.3) is 0 Å². The van der Waals surface area contributed by atoms with E-state index in [1.807, 2.05) is 0 Å². The first-order valence-corrected chi connectivity index (χ1v) is 4.76. The molecule has 2 N–H and O–H groups in total. The van der Waals surface area contributed by atoms with Gasteiger partial charge >= 0.3 is 0 Å². The Morgan fingerprint density at radius 3 is 2.67 bits per heavy atom. The summed E-state index contributed by atoms with van der Waals surface area (Å²) in [6, 6.07) is 0. The van der Waals surface area contributed by atoms with Crippen LogP contribution in [0.3, 0.4) is 0 Å². The van der Waals surface area contributed by atoms with Gasteiger partial charge in [0.2, 0.25) is 0 Å². The van der Waals surface area contributed by atoms with Crippen molar-refractivity contribution in [1.29, 1.82) is 0 Å². The third kappa shape index (κ3) is 3.09. The molecule has 0 spiro atoms. The van der Waals surface area contributed by atoms with Gasteiger partial charge < -0.3 is 15.2 Å². The molecule has 0 aliphatic heterocycles. The Balaban J connectivity index is 1.89. The van der Waals surface area contributed by atoms with Crippen LogP contribution < -0.4 is 5.32 Å². The van der Waals surface area contributed by atoms with Crippen LogP contribution in [0.5, 0.6) is 0 Å². The van der Waals surface area contributed by atoms with Crippen molar-refractivity contribution in [3.05, 3.63) is 0 Å². The molecule has 1 saturated carbocycles. The molecule has 12 heavy (non-hydrogen) atoms. The van der Waals surface area contributed by atoms with Crippen LogP contribution in [0.4, 0.5) is 0 Å². The summed E-state index contributed by atoms with van der Waals surface area (Å²) in [5.41, 5.74) is 0.0651. The van der Waals surface area contributed by atoms with Crippen molar-refractivity contribution < 1.29 is 9.84 Å². The Labute approximate surface area is 74.1 Å². The number of aliphatic hydroxyl groups is 1. The number of hydrogen-bond acceptors (Lipinski definition) is 3. The van der Waals surface area contributed by atoms with Gasteiger partial charge in [-0.25, -0.2) is 0 Å². The summed E-state index contributed by atoms with van der Waals surface area (Å²) in [7, 11) is 0. The number of aliphatic hydroxyl groups excluding tert-OH is 1. The van der Waals surface area contributed by atoms with Gasteiger partial charge in [-0.3, -0.25) is 0 Å².